The Morgan fingerprint density at radius 1 is 1.08 bits per heavy atom. The van der Waals surface area contributed by atoms with Crippen LogP contribution in [0, 0.1) is 11.3 Å². The molecule has 2 aromatic carbocycles. The minimum atomic E-state index is -3.54. The fraction of sp³-hybridized carbons (Fsp3) is 0.286. The number of nitrogens with one attached hydrogen (secondary N) is 1. The largest absolute Gasteiger partial charge is 0.422 e. The van der Waals surface area contributed by atoms with Gasteiger partial charge in [-0.3, -0.25) is 0 Å². The molecule has 1 aliphatic heterocycles. The Hall–Kier alpha value is -4.27. The SMILES string of the molecule is CC(C)c1nc(C#N)c(NN=Cc2cn(-c3ccccc3)nc2-c2ccc(S(=O)(=O)N3CCCCC3)cc2)o1. The smallest absolute Gasteiger partial charge is 0.252 e. The number of nitriles is 1. The van der Waals surface area contributed by atoms with Gasteiger partial charge in [-0.1, -0.05) is 50.6 Å². The first-order valence-corrected chi connectivity index (χ1v) is 14.3. The lowest BCUT2D eigenvalue weighted by Crippen LogP contribution is -2.35. The van der Waals surface area contributed by atoms with Gasteiger partial charge in [-0.2, -0.15) is 19.8 Å². The molecule has 39 heavy (non-hydrogen) atoms. The van der Waals surface area contributed by atoms with E-state index >= 15 is 0 Å². The van der Waals surface area contributed by atoms with E-state index in [0.29, 0.717) is 30.2 Å². The molecule has 1 fully saturated rings. The second kappa shape index (κ2) is 11.2. The van der Waals surface area contributed by atoms with Gasteiger partial charge in [-0.05, 0) is 37.1 Å². The predicted molar refractivity (Wildman–Crippen MR) is 148 cm³/mol. The molecule has 0 amide bonds. The first kappa shape index (κ1) is 26.3. The third kappa shape index (κ3) is 5.62. The number of para-hydroxylation sites is 1. The fourth-order valence-electron chi connectivity index (χ4n) is 4.35. The molecule has 1 saturated heterocycles. The fourth-order valence-corrected chi connectivity index (χ4v) is 5.87. The summed E-state index contributed by atoms with van der Waals surface area (Å²) in [6.07, 6.45) is 6.24. The average molecular weight is 544 g/mol. The van der Waals surface area contributed by atoms with Gasteiger partial charge in [-0.15, -0.1) is 0 Å². The van der Waals surface area contributed by atoms with Crippen molar-refractivity contribution in [1.82, 2.24) is 19.1 Å². The van der Waals surface area contributed by atoms with E-state index in [9.17, 15) is 13.7 Å². The van der Waals surface area contributed by atoms with Crippen molar-refractivity contribution in [3.05, 3.63) is 77.9 Å². The molecule has 200 valence electrons. The van der Waals surface area contributed by atoms with Crippen molar-refractivity contribution < 1.29 is 12.8 Å². The number of hydrogen-bond acceptors (Lipinski definition) is 8. The van der Waals surface area contributed by atoms with Crippen LogP contribution in [0.1, 0.15) is 56.2 Å². The topological polar surface area (TPSA) is 129 Å². The average Bonchev–Trinajstić information content (AvgIpc) is 3.59. The van der Waals surface area contributed by atoms with Crippen molar-refractivity contribution in [3.63, 3.8) is 0 Å². The van der Waals surface area contributed by atoms with Crippen LogP contribution in [0.15, 0.2) is 75.2 Å². The van der Waals surface area contributed by atoms with Crippen molar-refractivity contribution in [1.29, 1.82) is 5.26 Å². The summed E-state index contributed by atoms with van der Waals surface area (Å²) in [5, 5.41) is 18.4. The van der Waals surface area contributed by atoms with Gasteiger partial charge < -0.3 is 4.42 Å². The molecule has 0 saturated carbocycles. The van der Waals surface area contributed by atoms with Crippen LogP contribution in [0.3, 0.4) is 0 Å². The van der Waals surface area contributed by atoms with Crippen molar-refractivity contribution >= 4 is 22.1 Å². The van der Waals surface area contributed by atoms with Crippen LogP contribution in [0.25, 0.3) is 16.9 Å². The second-order valence-electron chi connectivity index (χ2n) is 9.57. The number of oxazole rings is 1. The van der Waals surface area contributed by atoms with Crippen molar-refractivity contribution in [2.45, 2.75) is 43.9 Å². The standard InChI is InChI=1S/C28H29N7O3S/c1-20(2)27-31-25(17-29)28(38-27)32-30-18-22-19-35(23-9-5-3-6-10-23)33-26(22)21-11-13-24(14-12-21)39(36,37)34-15-7-4-8-16-34/h3,5-6,9-14,18-20,32H,4,7-8,15-16H2,1-2H3. The van der Waals surface area contributed by atoms with Gasteiger partial charge in [0.1, 0.15) is 11.8 Å². The maximum Gasteiger partial charge on any atom is 0.252 e. The minimum absolute atomic E-state index is 0.0223. The summed E-state index contributed by atoms with van der Waals surface area (Å²) < 4.78 is 35.2. The Kier molecular flexibility index (Phi) is 7.58. The zero-order valence-corrected chi connectivity index (χ0v) is 22.6. The van der Waals surface area contributed by atoms with Gasteiger partial charge in [0.2, 0.25) is 21.6 Å². The van der Waals surface area contributed by atoms with Gasteiger partial charge in [0.15, 0.2) is 0 Å². The molecule has 4 aromatic rings. The monoisotopic (exact) mass is 543 g/mol. The first-order chi connectivity index (χ1) is 18.9. The molecule has 0 unspecified atom stereocenters. The first-order valence-electron chi connectivity index (χ1n) is 12.8. The van der Waals surface area contributed by atoms with Crippen LogP contribution in [0.2, 0.25) is 0 Å². The van der Waals surface area contributed by atoms with E-state index in [2.05, 4.69) is 15.5 Å². The Morgan fingerprint density at radius 2 is 1.79 bits per heavy atom. The summed E-state index contributed by atoms with van der Waals surface area (Å²) in [7, 11) is -3.54. The van der Waals surface area contributed by atoms with Gasteiger partial charge in [0.25, 0.3) is 5.88 Å². The number of aromatic nitrogens is 3. The maximum absolute atomic E-state index is 13.1. The molecule has 10 nitrogen and oxygen atoms in total. The maximum atomic E-state index is 13.1. The molecule has 0 bridgehead atoms. The molecule has 0 radical (unpaired) electrons. The Bertz CT molecular complexity index is 1610. The van der Waals surface area contributed by atoms with Crippen LogP contribution < -0.4 is 5.43 Å². The number of hydrogen-bond donors (Lipinski definition) is 1. The number of anilines is 1. The zero-order chi connectivity index (χ0) is 27.4. The van der Waals surface area contributed by atoms with E-state index in [4.69, 9.17) is 9.52 Å². The van der Waals surface area contributed by atoms with Crippen LogP contribution in [0.5, 0.6) is 0 Å². The Morgan fingerprint density at radius 3 is 2.46 bits per heavy atom. The summed E-state index contributed by atoms with van der Waals surface area (Å²) in [6.45, 7) is 4.95. The number of nitrogens with zero attached hydrogens (tertiary/aromatic N) is 6. The molecule has 3 heterocycles. The molecule has 1 N–H and O–H groups in total. The number of sulfonamides is 1. The number of piperidine rings is 1. The van der Waals surface area contributed by atoms with E-state index in [1.165, 1.54) is 0 Å². The lowest BCUT2D eigenvalue weighted by atomic mass is 10.1. The van der Waals surface area contributed by atoms with Gasteiger partial charge in [0, 0.05) is 36.3 Å². The van der Waals surface area contributed by atoms with E-state index in [0.717, 1.165) is 30.5 Å². The van der Waals surface area contributed by atoms with E-state index in [1.54, 1.807) is 39.5 Å². The summed E-state index contributed by atoms with van der Waals surface area (Å²) in [6, 6.07) is 18.4. The third-order valence-corrected chi connectivity index (χ3v) is 8.37. The van der Waals surface area contributed by atoms with Crippen molar-refractivity contribution in [2.24, 2.45) is 5.10 Å². The summed E-state index contributed by atoms with van der Waals surface area (Å²) in [5.41, 5.74) is 5.80. The van der Waals surface area contributed by atoms with Crippen molar-refractivity contribution in [2.75, 3.05) is 18.5 Å². The third-order valence-electron chi connectivity index (χ3n) is 6.46. The quantitative estimate of drug-likeness (QED) is 0.240. The highest BCUT2D eigenvalue weighted by atomic mass is 32.2. The van der Waals surface area contributed by atoms with Gasteiger partial charge in [0.05, 0.1) is 16.8 Å². The van der Waals surface area contributed by atoms with Crippen LogP contribution in [-0.4, -0.2) is 46.8 Å². The molecule has 0 spiro atoms. The lowest BCUT2D eigenvalue weighted by Gasteiger charge is -2.25. The lowest BCUT2D eigenvalue weighted by molar-refractivity contribution is 0.346. The highest BCUT2D eigenvalue weighted by molar-refractivity contribution is 7.89. The molecule has 1 aliphatic rings. The summed E-state index contributed by atoms with van der Waals surface area (Å²) in [5.74, 6) is 0.636. The van der Waals surface area contributed by atoms with Crippen molar-refractivity contribution in [3.8, 4) is 23.0 Å². The van der Waals surface area contributed by atoms with E-state index < -0.39 is 10.0 Å². The molecule has 0 aliphatic carbocycles. The highest BCUT2D eigenvalue weighted by Gasteiger charge is 2.26. The molecule has 2 aromatic heterocycles. The summed E-state index contributed by atoms with van der Waals surface area (Å²) >= 11 is 0. The second-order valence-corrected chi connectivity index (χ2v) is 11.5. The number of benzene rings is 2. The Labute approximate surface area is 227 Å². The molecule has 0 atom stereocenters. The van der Waals surface area contributed by atoms with E-state index in [-0.39, 0.29) is 22.4 Å². The molecule has 5 rings (SSSR count). The summed E-state index contributed by atoms with van der Waals surface area (Å²) in [4.78, 5) is 4.46. The van der Waals surface area contributed by atoms with Gasteiger partial charge >= 0.3 is 0 Å². The zero-order valence-electron chi connectivity index (χ0n) is 21.8. The van der Waals surface area contributed by atoms with Crippen LogP contribution in [-0.2, 0) is 10.0 Å². The molecule has 11 heteroatoms. The highest BCUT2D eigenvalue weighted by Crippen LogP contribution is 2.27. The minimum Gasteiger partial charge on any atom is -0.422 e. The van der Waals surface area contributed by atoms with Gasteiger partial charge in [-0.25, -0.2) is 23.5 Å². The number of hydrazone groups is 1. The molecular formula is C28H29N7O3S. The normalized spacial score (nSPS) is 14.6. The number of rotatable bonds is 8. The predicted octanol–water partition coefficient (Wildman–Crippen LogP) is 5.14. The molecular weight excluding hydrogens is 514 g/mol. The van der Waals surface area contributed by atoms with Crippen LogP contribution in [0.4, 0.5) is 5.88 Å². The van der Waals surface area contributed by atoms with E-state index in [1.807, 2.05) is 56.4 Å². The van der Waals surface area contributed by atoms with Crippen LogP contribution >= 0.6 is 0 Å². The Balaban J connectivity index is 1.46.